The van der Waals surface area contributed by atoms with Gasteiger partial charge in [0.05, 0.1) is 58.2 Å². The molecule has 0 atom stereocenters. The quantitative estimate of drug-likeness (QED) is 0.107. The van der Waals surface area contributed by atoms with Gasteiger partial charge >= 0.3 is 0 Å². The molecule has 0 N–H and O–H groups in total. The lowest BCUT2D eigenvalue weighted by Gasteiger charge is -2.23. The molecule has 0 fully saturated rings. The monoisotopic (exact) mass is 1210 g/mol. The Hall–Kier alpha value is -12.1. The Balaban J connectivity index is 0.839. The first-order valence-corrected chi connectivity index (χ1v) is 31.4. The Morgan fingerprint density at radius 1 is 0.372 bits per heavy atom. The van der Waals surface area contributed by atoms with Crippen molar-refractivity contribution in [1.29, 1.82) is 0 Å². The second kappa shape index (κ2) is 21.8. The van der Waals surface area contributed by atoms with Crippen LogP contribution in [-0.2, 0) is 5.41 Å². The van der Waals surface area contributed by atoms with Crippen molar-refractivity contribution >= 4 is 54.6 Å². The molecule has 4 aromatic heterocycles. The van der Waals surface area contributed by atoms with Crippen molar-refractivity contribution in [2.45, 2.75) is 26.2 Å². The molecule has 0 bridgehead atoms. The lowest BCUT2D eigenvalue weighted by molar-refractivity contribution is -0.571. The molecule has 1 aliphatic carbocycles. The van der Waals surface area contributed by atoms with Crippen LogP contribution in [0.15, 0.2) is 315 Å². The van der Waals surface area contributed by atoms with E-state index >= 15 is 0 Å². The van der Waals surface area contributed by atoms with E-state index in [2.05, 4.69) is 218 Å². The molecule has 0 aliphatic heterocycles. The zero-order valence-electron chi connectivity index (χ0n) is 61.4. The van der Waals surface area contributed by atoms with Gasteiger partial charge in [-0.15, -0.1) is 0 Å². The van der Waals surface area contributed by atoms with Crippen LogP contribution in [0.4, 0.5) is 0 Å². The highest BCUT2D eigenvalue weighted by Gasteiger charge is 2.26. The summed E-state index contributed by atoms with van der Waals surface area (Å²) in [5, 5.41) is 4.38. The summed E-state index contributed by atoms with van der Waals surface area (Å²) in [5.41, 5.74) is 18.1. The van der Waals surface area contributed by atoms with Crippen LogP contribution in [0, 0.1) is 6.33 Å². The van der Waals surface area contributed by atoms with E-state index < -0.39 is 60.4 Å². The second-order valence-corrected chi connectivity index (χ2v) is 24.9. The van der Waals surface area contributed by atoms with Crippen LogP contribution in [0.5, 0.6) is 11.5 Å². The minimum Gasteiger partial charge on any atom is -0.458 e. The number of hydrogen-bond acceptors (Lipinski definition) is 2. The van der Waals surface area contributed by atoms with Gasteiger partial charge in [0.2, 0.25) is 0 Å². The molecule has 0 saturated carbocycles. The summed E-state index contributed by atoms with van der Waals surface area (Å²) in [7, 11) is 0. The van der Waals surface area contributed by atoms with Gasteiger partial charge in [0.1, 0.15) is 17.3 Å². The molecular weight excluding hydrogens is 1140 g/mol. The van der Waals surface area contributed by atoms with Crippen LogP contribution in [0.25, 0.3) is 155 Å². The van der Waals surface area contributed by atoms with Crippen LogP contribution in [0.1, 0.15) is 40.0 Å². The Bertz CT molecular complexity index is 6330. The molecule has 0 saturated heterocycles. The fourth-order valence-corrected chi connectivity index (χ4v) is 14.1. The highest BCUT2D eigenvalue weighted by atomic mass is 16.5. The number of aromatic nitrogens is 5. The van der Waals surface area contributed by atoms with Crippen LogP contribution < -0.4 is 9.30 Å². The predicted octanol–water partition coefficient (Wildman–Crippen LogP) is 22.4. The number of ether oxygens (including phenoxy) is 1. The summed E-state index contributed by atoms with van der Waals surface area (Å²) in [4.78, 5) is 5.03. The average Bonchev–Trinajstić information content (AvgIpc) is 1.60. The highest BCUT2D eigenvalue weighted by Crippen LogP contribution is 2.49. The molecule has 6 heteroatoms. The first kappa shape index (κ1) is 45.2. The topological polar surface area (TPSA) is 40.8 Å². The van der Waals surface area contributed by atoms with Crippen molar-refractivity contribution in [2.24, 2.45) is 0 Å². The number of rotatable bonds is 9. The predicted molar refractivity (Wildman–Crippen MR) is 387 cm³/mol. The third kappa shape index (κ3) is 9.01. The van der Waals surface area contributed by atoms with E-state index in [4.69, 9.17) is 17.9 Å². The van der Waals surface area contributed by atoms with Gasteiger partial charge in [0.15, 0.2) is 0 Å². The van der Waals surface area contributed by atoms with Crippen molar-refractivity contribution in [3.05, 3.63) is 327 Å². The van der Waals surface area contributed by atoms with Crippen molar-refractivity contribution in [3.63, 3.8) is 0 Å². The van der Waals surface area contributed by atoms with Crippen molar-refractivity contribution in [3.8, 4) is 112 Å². The Labute approximate surface area is 559 Å². The van der Waals surface area contributed by atoms with E-state index in [1.54, 1.807) is 22.8 Å². The van der Waals surface area contributed by atoms with Gasteiger partial charge in [-0.2, -0.15) is 0 Å². The van der Waals surface area contributed by atoms with Crippen molar-refractivity contribution < 1.29 is 23.0 Å². The Morgan fingerprint density at radius 2 is 0.894 bits per heavy atom. The summed E-state index contributed by atoms with van der Waals surface area (Å²) in [6, 6.07) is 79.0. The molecule has 4 heterocycles. The SMILES string of the molecule is [2H]c1c([2H])c([2H])c(-c2cccc(-c3c([2H])c([2H])c([2H])c([2H])c3[2H])c2-[n+]2[c-]n(-c3cccc(Oc4ccc5c6cc(-n7c8ccccc8c8ccccc87)ccc6n(-c6cc(C(C)(C)C)ccn6)c5c4)c3)c3ccc(-c4ccc5c(c4)-c4ccccc4-c4ccccc4-c4ccccc4-5)cc32)c([2H])c1[2H]. The van der Waals surface area contributed by atoms with Crippen LogP contribution in [-0.4, -0.2) is 18.7 Å². The smallest absolute Gasteiger partial charge is 0.269 e. The van der Waals surface area contributed by atoms with Gasteiger partial charge in [-0.05, 0) is 174 Å². The molecule has 18 rings (SSSR count). The first-order valence-electron chi connectivity index (χ1n) is 36.4. The van der Waals surface area contributed by atoms with Crippen molar-refractivity contribution in [1.82, 2.24) is 18.7 Å². The molecule has 17 aromatic rings. The van der Waals surface area contributed by atoms with Crippen LogP contribution >= 0.6 is 0 Å². The second-order valence-electron chi connectivity index (χ2n) is 24.9. The Kier molecular flexibility index (Phi) is 10.5. The molecule has 444 valence electrons. The summed E-state index contributed by atoms with van der Waals surface area (Å²) in [6.45, 7) is 6.59. The van der Waals surface area contributed by atoms with Crippen LogP contribution in [0.2, 0.25) is 0 Å². The summed E-state index contributed by atoms with van der Waals surface area (Å²) in [6.07, 6.45) is 5.52. The van der Waals surface area contributed by atoms with E-state index in [1.165, 1.54) is 10.8 Å². The third-order valence-corrected chi connectivity index (χ3v) is 18.5. The number of imidazole rings is 1. The summed E-state index contributed by atoms with van der Waals surface area (Å²) >= 11 is 0. The molecular formula is C88H61N5O. The maximum atomic E-state index is 9.46. The van der Waals surface area contributed by atoms with Gasteiger partial charge in [-0.25, -0.2) is 4.98 Å². The van der Waals surface area contributed by atoms with E-state index in [1.807, 2.05) is 59.3 Å². The fourth-order valence-electron chi connectivity index (χ4n) is 14.1. The number of benzene rings is 13. The van der Waals surface area contributed by atoms with Crippen molar-refractivity contribution in [2.75, 3.05) is 0 Å². The zero-order chi connectivity index (χ0) is 71.3. The minimum atomic E-state index is -0.586. The normalized spacial score (nSPS) is 13.5. The number of nitrogens with zero attached hydrogens (tertiary/aromatic N) is 5. The maximum absolute atomic E-state index is 9.46. The molecule has 1 aliphatic rings. The minimum absolute atomic E-state index is 0.127. The van der Waals surface area contributed by atoms with Gasteiger partial charge in [0, 0.05) is 39.5 Å². The molecule has 13 aromatic carbocycles. The lowest BCUT2D eigenvalue weighted by atomic mass is 9.80. The van der Waals surface area contributed by atoms with E-state index in [0.717, 1.165) is 106 Å². The van der Waals surface area contributed by atoms with Gasteiger partial charge in [0.25, 0.3) is 6.33 Å². The van der Waals surface area contributed by atoms with Crippen LogP contribution in [0.3, 0.4) is 0 Å². The molecule has 6 nitrogen and oxygen atoms in total. The van der Waals surface area contributed by atoms with E-state index in [9.17, 15) is 5.48 Å². The zero-order valence-corrected chi connectivity index (χ0v) is 51.4. The summed E-state index contributed by atoms with van der Waals surface area (Å²) in [5.74, 6) is 1.79. The first-order chi connectivity index (χ1) is 50.4. The molecule has 0 amide bonds. The van der Waals surface area contributed by atoms with E-state index in [0.29, 0.717) is 28.2 Å². The standard InChI is InChI=1S/C88H61N5O/c1-88(2,3)61-48-49-89-86(52-61)93-82-47-42-63(92-80-38-18-16-34-75(80)76-35-17-19-39-81(76)92)54-79(82)77-45-43-65(55-84(77)93)94-64-27-20-26-62(53-64)90-56-91(87-66(57-22-6-4-7-23-57)36-21-37-67(87)58-24-8-5-9-25-58)85-51-60(41-46-83(85)90)59-40-44-74-72-32-13-12-30-70(72)68-28-10-11-29-69(68)71-31-14-15-33-73(71)78(74)50-59/h4-55H,1-3H3/i4D,5D,6D,7D,8D,9D,22D,23D,24D,25D. The van der Waals surface area contributed by atoms with Gasteiger partial charge in [-0.3, -0.25) is 13.7 Å². The maximum Gasteiger partial charge on any atom is 0.269 e. The molecule has 94 heavy (non-hydrogen) atoms. The number of hydrogen-bond donors (Lipinski definition) is 0. The fraction of sp³-hybridized carbons (Fsp3) is 0.0455. The lowest BCUT2D eigenvalue weighted by Crippen LogP contribution is -2.31. The molecule has 0 spiro atoms. The highest BCUT2D eigenvalue weighted by molar-refractivity contribution is 6.13. The van der Waals surface area contributed by atoms with E-state index in [-0.39, 0.29) is 33.4 Å². The number of fused-ring (bicyclic) bond motifs is 15. The summed E-state index contributed by atoms with van der Waals surface area (Å²) < 4.78 is 106. The largest absolute Gasteiger partial charge is 0.458 e. The third-order valence-electron chi connectivity index (χ3n) is 18.5. The number of pyridine rings is 1. The molecule has 0 unspecified atom stereocenters. The number of para-hydroxylation sites is 3. The molecule has 0 radical (unpaired) electrons. The van der Waals surface area contributed by atoms with Gasteiger partial charge < -0.3 is 9.30 Å². The Morgan fingerprint density at radius 3 is 1.53 bits per heavy atom. The van der Waals surface area contributed by atoms with Gasteiger partial charge in [-0.1, -0.05) is 239 Å². The average molecular weight is 1210 g/mol.